The smallest absolute Gasteiger partial charge is 0.326 e. The van der Waals surface area contributed by atoms with Crippen molar-refractivity contribution in [1.82, 2.24) is 5.32 Å². The molecule has 1 aliphatic carbocycles. The molecule has 0 unspecified atom stereocenters. The zero-order valence-electron chi connectivity index (χ0n) is 11.6. The highest BCUT2D eigenvalue weighted by atomic mass is 16.6. The lowest BCUT2D eigenvalue weighted by Gasteiger charge is -2.20. The fourth-order valence-electron chi connectivity index (χ4n) is 1.55. The molecule has 0 aromatic rings. The van der Waals surface area contributed by atoms with Crippen molar-refractivity contribution in [1.29, 1.82) is 0 Å². The number of hydrogen-bond donors (Lipinski definition) is 2. The van der Waals surface area contributed by atoms with Crippen molar-refractivity contribution in [3.8, 4) is 0 Å². The van der Waals surface area contributed by atoms with E-state index in [-0.39, 0.29) is 24.7 Å². The highest BCUT2D eigenvalue weighted by Gasteiger charge is 2.32. The summed E-state index contributed by atoms with van der Waals surface area (Å²) >= 11 is 0. The van der Waals surface area contributed by atoms with Crippen LogP contribution in [-0.4, -0.2) is 34.6 Å². The van der Waals surface area contributed by atoms with Gasteiger partial charge in [-0.3, -0.25) is 9.59 Å². The minimum absolute atomic E-state index is 0.0286. The Morgan fingerprint density at radius 2 is 1.89 bits per heavy atom. The number of carboxylic acid groups (broad SMARTS) is 1. The number of hydrogen-bond acceptors (Lipinski definition) is 4. The van der Waals surface area contributed by atoms with Crippen LogP contribution in [0, 0.1) is 5.92 Å². The van der Waals surface area contributed by atoms with Crippen molar-refractivity contribution in [3.05, 3.63) is 0 Å². The second-order valence-corrected chi connectivity index (χ2v) is 5.80. The molecule has 0 saturated heterocycles. The minimum atomic E-state index is -1.13. The van der Waals surface area contributed by atoms with Crippen LogP contribution in [0.5, 0.6) is 0 Å². The fraction of sp³-hybridized carbons (Fsp3) is 0.769. The van der Waals surface area contributed by atoms with Crippen LogP contribution in [-0.2, 0) is 19.1 Å². The first kappa shape index (κ1) is 15.5. The number of amides is 1. The lowest BCUT2D eigenvalue weighted by atomic mass is 10.1. The summed E-state index contributed by atoms with van der Waals surface area (Å²) in [6, 6.07) is -1.03. The Hall–Kier alpha value is -1.59. The largest absolute Gasteiger partial charge is 0.480 e. The molecule has 0 radical (unpaired) electrons. The molecule has 1 amide bonds. The SMILES string of the molecule is CC(C)(C)OC(=O)CC[C@@H](NC(=O)C1CC1)C(=O)O. The zero-order valence-corrected chi connectivity index (χ0v) is 11.6. The lowest BCUT2D eigenvalue weighted by Crippen LogP contribution is -2.42. The van der Waals surface area contributed by atoms with Crippen LogP contribution in [0.15, 0.2) is 0 Å². The van der Waals surface area contributed by atoms with Crippen LogP contribution in [0.3, 0.4) is 0 Å². The van der Waals surface area contributed by atoms with Gasteiger partial charge < -0.3 is 15.2 Å². The molecule has 1 rings (SSSR count). The van der Waals surface area contributed by atoms with E-state index in [0.717, 1.165) is 12.8 Å². The van der Waals surface area contributed by atoms with Gasteiger partial charge in [-0.2, -0.15) is 0 Å². The average molecular weight is 271 g/mol. The van der Waals surface area contributed by atoms with E-state index >= 15 is 0 Å². The van der Waals surface area contributed by atoms with Crippen LogP contribution in [0.4, 0.5) is 0 Å². The second kappa shape index (κ2) is 6.04. The van der Waals surface area contributed by atoms with Crippen molar-refractivity contribution in [2.24, 2.45) is 5.92 Å². The van der Waals surface area contributed by atoms with Gasteiger partial charge in [0.15, 0.2) is 0 Å². The average Bonchev–Trinajstić information content (AvgIpc) is 3.04. The number of carboxylic acids is 1. The Morgan fingerprint density at radius 1 is 1.32 bits per heavy atom. The number of nitrogens with one attached hydrogen (secondary N) is 1. The summed E-state index contributed by atoms with van der Waals surface area (Å²) in [4.78, 5) is 34.0. The number of aliphatic carboxylic acids is 1. The van der Waals surface area contributed by atoms with E-state index in [1.165, 1.54) is 0 Å². The van der Waals surface area contributed by atoms with Crippen LogP contribution < -0.4 is 5.32 Å². The summed E-state index contributed by atoms with van der Waals surface area (Å²) in [5.74, 6) is -1.88. The van der Waals surface area contributed by atoms with Crippen LogP contribution >= 0.6 is 0 Å². The normalized spacial score (nSPS) is 16.6. The van der Waals surface area contributed by atoms with E-state index < -0.39 is 23.6 Å². The number of carbonyl (C=O) groups excluding carboxylic acids is 2. The predicted octanol–water partition coefficient (Wildman–Crippen LogP) is 1.09. The van der Waals surface area contributed by atoms with Crippen molar-refractivity contribution in [2.45, 2.75) is 58.1 Å². The predicted molar refractivity (Wildman–Crippen MR) is 67.4 cm³/mol. The number of rotatable bonds is 6. The van der Waals surface area contributed by atoms with Gasteiger partial charge in [-0.1, -0.05) is 0 Å². The Kier molecular flexibility index (Phi) is 4.91. The van der Waals surface area contributed by atoms with Crippen LogP contribution in [0.1, 0.15) is 46.5 Å². The highest BCUT2D eigenvalue weighted by Crippen LogP contribution is 2.29. The summed E-state index contributed by atoms with van der Waals surface area (Å²) in [7, 11) is 0. The van der Waals surface area contributed by atoms with Crippen LogP contribution in [0.25, 0.3) is 0 Å². The topological polar surface area (TPSA) is 92.7 Å². The molecule has 0 spiro atoms. The summed E-state index contributed by atoms with van der Waals surface area (Å²) in [5, 5.41) is 11.5. The van der Waals surface area contributed by atoms with Crippen molar-refractivity contribution in [3.63, 3.8) is 0 Å². The number of carbonyl (C=O) groups is 3. The molecular formula is C13H21NO5. The molecule has 6 nitrogen and oxygen atoms in total. The first-order valence-electron chi connectivity index (χ1n) is 6.44. The third-order valence-corrected chi connectivity index (χ3v) is 2.62. The van der Waals surface area contributed by atoms with E-state index in [4.69, 9.17) is 9.84 Å². The van der Waals surface area contributed by atoms with Gasteiger partial charge in [0.05, 0.1) is 0 Å². The van der Waals surface area contributed by atoms with Crippen molar-refractivity contribution < 1.29 is 24.2 Å². The Labute approximate surface area is 112 Å². The highest BCUT2D eigenvalue weighted by molar-refractivity contribution is 5.86. The molecule has 1 fully saturated rings. The number of esters is 1. The Morgan fingerprint density at radius 3 is 2.32 bits per heavy atom. The molecule has 19 heavy (non-hydrogen) atoms. The van der Waals surface area contributed by atoms with E-state index in [0.29, 0.717) is 0 Å². The molecule has 0 aromatic carbocycles. The van der Waals surface area contributed by atoms with Gasteiger partial charge in [0.1, 0.15) is 11.6 Å². The summed E-state index contributed by atoms with van der Waals surface area (Å²) in [5.41, 5.74) is -0.590. The first-order valence-corrected chi connectivity index (χ1v) is 6.44. The third-order valence-electron chi connectivity index (χ3n) is 2.62. The van der Waals surface area contributed by atoms with Gasteiger partial charge in [-0.05, 0) is 40.0 Å². The van der Waals surface area contributed by atoms with Gasteiger partial charge >= 0.3 is 11.9 Å². The molecule has 0 aliphatic heterocycles. The van der Waals surface area contributed by atoms with E-state index in [1.807, 2.05) is 0 Å². The Bertz CT molecular complexity index is 368. The molecule has 6 heteroatoms. The van der Waals surface area contributed by atoms with Gasteiger partial charge in [-0.15, -0.1) is 0 Å². The molecule has 0 bridgehead atoms. The monoisotopic (exact) mass is 271 g/mol. The molecule has 1 saturated carbocycles. The molecule has 2 N–H and O–H groups in total. The number of ether oxygens (including phenoxy) is 1. The van der Waals surface area contributed by atoms with Crippen molar-refractivity contribution in [2.75, 3.05) is 0 Å². The van der Waals surface area contributed by atoms with Gasteiger partial charge in [0.25, 0.3) is 0 Å². The zero-order chi connectivity index (χ0) is 14.6. The maximum atomic E-state index is 11.5. The molecule has 1 atom stereocenters. The Balaban J connectivity index is 2.39. The van der Waals surface area contributed by atoms with E-state index in [2.05, 4.69) is 5.32 Å². The first-order chi connectivity index (χ1) is 8.69. The third kappa shape index (κ3) is 6.22. The van der Waals surface area contributed by atoms with Gasteiger partial charge in [0.2, 0.25) is 5.91 Å². The maximum absolute atomic E-state index is 11.5. The quantitative estimate of drug-likeness (QED) is 0.705. The van der Waals surface area contributed by atoms with Crippen LogP contribution in [0.2, 0.25) is 0 Å². The van der Waals surface area contributed by atoms with Gasteiger partial charge in [0, 0.05) is 12.3 Å². The van der Waals surface area contributed by atoms with Crippen molar-refractivity contribution >= 4 is 17.8 Å². The molecule has 1 aliphatic rings. The summed E-state index contributed by atoms with van der Waals surface area (Å²) in [6.07, 6.45) is 1.64. The second-order valence-electron chi connectivity index (χ2n) is 5.80. The molecule has 108 valence electrons. The summed E-state index contributed by atoms with van der Waals surface area (Å²) < 4.78 is 5.09. The minimum Gasteiger partial charge on any atom is -0.480 e. The molecule has 0 aromatic heterocycles. The van der Waals surface area contributed by atoms with Gasteiger partial charge in [-0.25, -0.2) is 4.79 Å². The summed E-state index contributed by atoms with van der Waals surface area (Å²) in [6.45, 7) is 5.23. The fourth-order valence-corrected chi connectivity index (χ4v) is 1.55. The molecule has 0 heterocycles. The lowest BCUT2D eigenvalue weighted by molar-refractivity contribution is -0.155. The standard InChI is InChI=1S/C13H21NO5/c1-13(2,3)19-10(15)7-6-9(12(17)18)14-11(16)8-4-5-8/h8-9H,4-7H2,1-3H3,(H,14,16)(H,17,18)/t9-/m1/s1. The van der Waals surface area contributed by atoms with E-state index in [1.54, 1.807) is 20.8 Å². The maximum Gasteiger partial charge on any atom is 0.326 e. The van der Waals surface area contributed by atoms with E-state index in [9.17, 15) is 14.4 Å². The molecular weight excluding hydrogens is 250 g/mol.